The van der Waals surface area contributed by atoms with Crippen molar-refractivity contribution in [3.05, 3.63) is 59.2 Å². The minimum Gasteiger partial charge on any atom is -0.492 e. The van der Waals surface area contributed by atoms with Gasteiger partial charge in [-0.2, -0.15) is 0 Å². The number of rotatable bonds is 15. The fourth-order valence-electron chi connectivity index (χ4n) is 3.90. The van der Waals surface area contributed by atoms with Crippen molar-refractivity contribution in [3.8, 4) is 5.75 Å². The molecule has 7 nitrogen and oxygen atoms in total. The molecular formula is C27H38N2O5. The number of amides is 2. The molecule has 0 saturated heterocycles. The highest BCUT2D eigenvalue weighted by atomic mass is 16.5. The lowest BCUT2D eigenvalue weighted by Crippen LogP contribution is -2.33. The maximum absolute atomic E-state index is 12.9. The second-order valence-corrected chi connectivity index (χ2v) is 8.25. The minimum atomic E-state index is -0.966. The molecular weight excluding hydrogens is 432 g/mol. The molecule has 0 fully saturated rings. The average Bonchev–Trinajstić information content (AvgIpc) is 2.83. The van der Waals surface area contributed by atoms with Crippen molar-refractivity contribution in [2.75, 3.05) is 25.6 Å². The number of benzene rings is 2. The highest BCUT2D eigenvalue weighted by molar-refractivity contribution is 5.91. The smallest absolute Gasteiger partial charge is 0.335 e. The van der Waals surface area contributed by atoms with Crippen LogP contribution in [0.25, 0.3) is 0 Å². The molecule has 0 bridgehead atoms. The van der Waals surface area contributed by atoms with E-state index in [0.717, 1.165) is 31.2 Å². The van der Waals surface area contributed by atoms with Crippen LogP contribution in [0.15, 0.2) is 42.5 Å². The van der Waals surface area contributed by atoms with Crippen molar-refractivity contribution in [1.29, 1.82) is 0 Å². The van der Waals surface area contributed by atoms with Crippen LogP contribution in [0.2, 0.25) is 0 Å². The van der Waals surface area contributed by atoms with Gasteiger partial charge in [-0.1, -0.05) is 63.3 Å². The topological polar surface area (TPSA) is 96.9 Å². The number of carbonyl (C=O) groups is 2. The Morgan fingerprint density at radius 1 is 1.03 bits per heavy atom. The van der Waals surface area contributed by atoms with Crippen LogP contribution in [0.5, 0.6) is 5.75 Å². The number of carboxylic acids is 1. The molecule has 186 valence electrons. The third-order valence-corrected chi connectivity index (χ3v) is 5.67. The van der Waals surface area contributed by atoms with Crippen LogP contribution < -0.4 is 15.4 Å². The maximum atomic E-state index is 12.9. The minimum absolute atomic E-state index is 0.245. The number of carbonyl (C=O) groups excluding carboxylic acids is 1. The number of hydrogen-bond donors (Lipinski definition) is 3. The van der Waals surface area contributed by atoms with Gasteiger partial charge in [-0.3, -0.25) is 0 Å². The Hall–Kier alpha value is -3.06. The van der Waals surface area contributed by atoms with Gasteiger partial charge < -0.3 is 25.2 Å². The van der Waals surface area contributed by atoms with Gasteiger partial charge in [0.05, 0.1) is 30.5 Å². The molecule has 2 amide bonds. The van der Waals surface area contributed by atoms with Crippen LogP contribution in [0, 0.1) is 0 Å². The zero-order valence-corrected chi connectivity index (χ0v) is 20.6. The summed E-state index contributed by atoms with van der Waals surface area (Å²) in [5.41, 5.74) is 2.45. The third kappa shape index (κ3) is 8.71. The molecule has 0 aliphatic rings. The van der Waals surface area contributed by atoms with Crippen molar-refractivity contribution in [1.82, 2.24) is 5.32 Å². The van der Waals surface area contributed by atoms with Crippen molar-refractivity contribution >= 4 is 17.7 Å². The molecule has 0 spiro atoms. The third-order valence-electron chi connectivity index (χ3n) is 5.67. The Morgan fingerprint density at radius 2 is 1.79 bits per heavy atom. The van der Waals surface area contributed by atoms with E-state index in [2.05, 4.69) is 17.6 Å². The number of methoxy groups -OCH3 is 1. The zero-order valence-electron chi connectivity index (χ0n) is 20.6. The van der Waals surface area contributed by atoms with E-state index in [0.29, 0.717) is 36.6 Å². The summed E-state index contributed by atoms with van der Waals surface area (Å²) in [6.07, 6.45) is 6.83. The highest BCUT2D eigenvalue weighted by Gasteiger charge is 2.19. The molecule has 7 heteroatoms. The summed E-state index contributed by atoms with van der Waals surface area (Å²) >= 11 is 0. The molecule has 0 aliphatic heterocycles. The van der Waals surface area contributed by atoms with E-state index in [9.17, 15) is 14.7 Å². The van der Waals surface area contributed by atoms with Gasteiger partial charge in [0.15, 0.2) is 0 Å². The molecule has 3 N–H and O–H groups in total. The second-order valence-electron chi connectivity index (χ2n) is 8.25. The van der Waals surface area contributed by atoms with E-state index >= 15 is 0 Å². The highest BCUT2D eigenvalue weighted by Crippen LogP contribution is 2.26. The van der Waals surface area contributed by atoms with Crippen LogP contribution in [-0.2, 0) is 11.2 Å². The molecule has 1 unspecified atom stereocenters. The van der Waals surface area contributed by atoms with Gasteiger partial charge in [0, 0.05) is 7.11 Å². The predicted molar refractivity (Wildman–Crippen MR) is 135 cm³/mol. The molecule has 2 rings (SSSR count). The Kier molecular flexibility index (Phi) is 12.0. The Bertz CT molecular complexity index is 916. The number of hydrogen-bond acceptors (Lipinski definition) is 4. The first-order valence-electron chi connectivity index (χ1n) is 12.1. The quantitative estimate of drug-likeness (QED) is 0.269. The van der Waals surface area contributed by atoms with Crippen molar-refractivity contribution < 1.29 is 24.2 Å². The zero-order chi connectivity index (χ0) is 24.8. The molecule has 2 aromatic rings. The van der Waals surface area contributed by atoms with Gasteiger partial charge in [-0.25, -0.2) is 9.59 Å². The van der Waals surface area contributed by atoms with Crippen LogP contribution in [0.3, 0.4) is 0 Å². The van der Waals surface area contributed by atoms with Crippen LogP contribution in [0.4, 0.5) is 10.5 Å². The van der Waals surface area contributed by atoms with Gasteiger partial charge in [-0.15, -0.1) is 0 Å². The van der Waals surface area contributed by atoms with E-state index < -0.39 is 5.97 Å². The van der Waals surface area contributed by atoms with E-state index in [-0.39, 0.29) is 17.6 Å². The lowest BCUT2D eigenvalue weighted by Gasteiger charge is -2.22. The SMILES string of the molecule is CCCCCCCC(NC(=O)Nc1ccccc1OCC)c1ccc(C(=O)O)c(CCOC)c1. The largest absolute Gasteiger partial charge is 0.492 e. The fourth-order valence-corrected chi connectivity index (χ4v) is 3.90. The summed E-state index contributed by atoms with van der Waals surface area (Å²) < 4.78 is 10.8. The molecule has 0 heterocycles. The molecule has 34 heavy (non-hydrogen) atoms. The molecule has 0 aromatic heterocycles. The van der Waals surface area contributed by atoms with Gasteiger partial charge in [0.2, 0.25) is 0 Å². The molecule has 0 saturated carbocycles. The summed E-state index contributed by atoms with van der Waals surface area (Å²) in [7, 11) is 1.59. The van der Waals surface area contributed by atoms with Gasteiger partial charge in [-0.05, 0) is 49.1 Å². The number of para-hydroxylation sites is 2. The molecule has 1 atom stereocenters. The number of nitrogens with one attached hydrogen (secondary N) is 2. The number of carboxylic acid groups (broad SMARTS) is 1. The van der Waals surface area contributed by atoms with Gasteiger partial charge in [0.25, 0.3) is 0 Å². The Balaban J connectivity index is 2.22. The summed E-state index contributed by atoms with van der Waals surface area (Å²) in [6, 6.07) is 12.0. The Labute approximate surface area is 202 Å². The van der Waals surface area contributed by atoms with Crippen molar-refractivity contribution in [3.63, 3.8) is 0 Å². The van der Waals surface area contributed by atoms with E-state index in [4.69, 9.17) is 9.47 Å². The second kappa shape index (κ2) is 15.0. The van der Waals surface area contributed by atoms with Gasteiger partial charge in [0.1, 0.15) is 5.75 Å². The first-order chi connectivity index (χ1) is 16.5. The van der Waals surface area contributed by atoms with E-state index in [1.165, 1.54) is 12.8 Å². The summed E-state index contributed by atoms with van der Waals surface area (Å²) in [6.45, 7) is 5.00. The van der Waals surface area contributed by atoms with Crippen LogP contribution in [-0.4, -0.2) is 37.4 Å². The number of aromatic carboxylic acids is 1. The van der Waals surface area contributed by atoms with Crippen molar-refractivity contribution in [2.24, 2.45) is 0 Å². The predicted octanol–water partition coefficient (Wildman–Crippen LogP) is 6.20. The lowest BCUT2D eigenvalue weighted by molar-refractivity contribution is 0.0695. The number of urea groups is 1. The van der Waals surface area contributed by atoms with E-state index in [1.807, 2.05) is 31.2 Å². The van der Waals surface area contributed by atoms with E-state index in [1.54, 1.807) is 25.3 Å². The van der Waals surface area contributed by atoms with Crippen LogP contribution in [0.1, 0.15) is 79.9 Å². The Morgan fingerprint density at radius 3 is 2.50 bits per heavy atom. The molecule has 2 aromatic carbocycles. The normalized spacial score (nSPS) is 11.6. The summed E-state index contributed by atoms with van der Waals surface area (Å²) in [4.78, 5) is 24.6. The number of ether oxygens (including phenoxy) is 2. The first kappa shape index (κ1) is 27.2. The lowest BCUT2D eigenvalue weighted by atomic mass is 9.94. The summed E-state index contributed by atoms with van der Waals surface area (Å²) in [5, 5.41) is 15.6. The molecule has 0 aliphatic carbocycles. The number of anilines is 1. The standard InChI is InChI=1S/C27H38N2O5/c1-4-6-7-8-9-12-23(21-15-16-22(26(30)31)20(19-21)17-18-33-3)28-27(32)29-24-13-10-11-14-25(24)34-5-2/h10-11,13-16,19,23H,4-9,12,17-18H2,1-3H3,(H,30,31)(H2,28,29,32). The summed E-state index contributed by atoms with van der Waals surface area (Å²) in [5.74, 6) is -0.351. The monoisotopic (exact) mass is 470 g/mol. The number of unbranched alkanes of at least 4 members (excludes halogenated alkanes) is 4. The average molecular weight is 471 g/mol. The fraction of sp³-hybridized carbons (Fsp3) is 0.481. The maximum Gasteiger partial charge on any atom is 0.335 e. The van der Waals surface area contributed by atoms with Gasteiger partial charge >= 0.3 is 12.0 Å². The molecule has 0 radical (unpaired) electrons. The van der Waals surface area contributed by atoms with Crippen LogP contribution >= 0.6 is 0 Å². The van der Waals surface area contributed by atoms with Crippen molar-refractivity contribution in [2.45, 2.75) is 64.8 Å². The first-order valence-corrected chi connectivity index (χ1v) is 12.1.